The Kier molecular flexibility index (Phi) is 7.64. The SMILES string of the molecule is CCOCCC1(C(=O)NCC(Cc2cccc(C)c2)C(=O)O)CCCC1. The summed E-state index contributed by atoms with van der Waals surface area (Å²) < 4.78 is 5.45. The molecular weight excluding hydrogens is 330 g/mol. The number of rotatable bonds is 10. The zero-order valence-corrected chi connectivity index (χ0v) is 15.9. The smallest absolute Gasteiger partial charge is 0.308 e. The first kappa shape index (κ1) is 20.4. The molecular formula is C21H31NO4. The summed E-state index contributed by atoms with van der Waals surface area (Å²) in [7, 11) is 0. The summed E-state index contributed by atoms with van der Waals surface area (Å²) in [5.74, 6) is -1.50. The third-order valence-electron chi connectivity index (χ3n) is 5.39. The molecule has 1 aliphatic rings. The Balaban J connectivity index is 1.96. The lowest BCUT2D eigenvalue weighted by molar-refractivity contribution is -0.142. The van der Waals surface area contributed by atoms with Crippen molar-refractivity contribution in [2.75, 3.05) is 19.8 Å². The van der Waals surface area contributed by atoms with Gasteiger partial charge in [-0.2, -0.15) is 0 Å². The van der Waals surface area contributed by atoms with Crippen molar-refractivity contribution in [1.29, 1.82) is 0 Å². The molecule has 0 heterocycles. The van der Waals surface area contributed by atoms with Crippen LogP contribution in [0, 0.1) is 18.3 Å². The van der Waals surface area contributed by atoms with Gasteiger partial charge in [-0.15, -0.1) is 0 Å². The number of carbonyl (C=O) groups is 2. The van der Waals surface area contributed by atoms with E-state index in [9.17, 15) is 14.7 Å². The first-order valence-electron chi connectivity index (χ1n) is 9.61. The summed E-state index contributed by atoms with van der Waals surface area (Å²) in [6.45, 7) is 5.33. The van der Waals surface area contributed by atoms with E-state index in [1.807, 2.05) is 38.1 Å². The van der Waals surface area contributed by atoms with Crippen molar-refractivity contribution < 1.29 is 19.4 Å². The molecule has 26 heavy (non-hydrogen) atoms. The molecule has 1 fully saturated rings. The molecule has 1 aromatic carbocycles. The van der Waals surface area contributed by atoms with E-state index in [1.54, 1.807) is 0 Å². The molecule has 5 heteroatoms. The number of carboxylic acid groups (broad SMARTS) is 1. The van der Waals surface area contributed by atoms with Crippen LogP contribution in [0.3, 0.4) is 0 Å². The highest BCUT2D eigenvalue weighted by molar-refractivity contribution is 5.83. The molecule has 0 bridgehead atoms. The summed E-state index contributed by atoms with van der Waals surface area (Å²) in [5, 5.41) is 12.5. The number of amides is 1. The lowest BCUT2D eigenvalue weighted by Gasteiger charge is -2.28. The van der Waals surface area contributed by atoms with Crippen molar-refractivity contribution in [3.63, 3.8) is 0 Å². The van der Waals surface area contributed by atoms with E-state index < -0.39 is 11.9 Å². The number of carbonyl (C=O) groups excluding carboxylic acids is 1. The molecule has 144 valence electrons. The van der Waals surface area contributed by atoms with Gasteiger partial charge in [-0.05, 0) is 45.1 Å². The molecule has 0 saturated heterocycles. The van der Waals surface area contributed by atoms with Crippen molar-refractivity contribution in [3.8, 4) is 0 Å². The predicted molar refractivity (Wildman–Crippen MR) is 101 cm³/mol. The molecule has 0 spiro atoms. The van der Waals surface area contributed by atoms with Crippen LogP contribution in [-0.4, -0.2) is 36.7 Å². The van der Waals surface area contributed by atoms with Gasteiger partial charge < -0.3 is 15.2 Å². The van der Waals surface area contributed by atoms with Gasteiger partial charge >= 0.3 is 5.97 Å². The summed E-state index contributed by atoms with van der Waals surface area (Å²) in [6.07, 6.45) is 4.95. The maximum Gasteiger partial charge on any atom is 0.308 e. The maximum atomic E-state index is 12.8. The molecule has 1 atom stereocenters. The second-order valence-electron chi connectivity index (χ2n) is 7.37. The molecule has 0 aromatic heterocycles. The van der Waals surface area contributed by atoms with E-state index in [0.717, 1.165) is 36.8 Å². The number of carboxylic acids is 1. The summed E-state index contributed by atoms with van der Waals surface area (Å²) >= 11 is 0. The first-order chi connectivity index (χ1) is 12.5. The highest BCUT2D eigenvalue weighted by Gasteiger charge is 2.40. The highest BCUT2D eigenvalue weighted by atomic mass is 16.5. The fourth-order valence-corrected chi connectivity index (χ4v) is 3.83. The summed E-state index contributed by atoms with van der Waals surface area (Å²) in [4.78, 5) is 24.5. The minimum atomic E-state index is -0.874. The standard InChI is InChI=1S/C21H31NO4/c1-3-26-12-11-21(9-4-5-10-21)20(25)22-15-18(19(23)24)14-17-8-6-7-16(2)13-17/h6-8,13,18H,3-5,9-12,14-15H2,1-2H3,(H,22,25)(H,23,24). The van der Waals surface area contributed by atoms with Gasteiger partial charge in [-0.3, -0.25) is 9.59 Å². The Morgan fingerprint density at radius 2 is 2.04 bits per heavy atom. The second kappa shape index (κ2) is 9.72. The van der Waals surface area contributed by atoms with Crippen molar-refractivity contribution in [1.82, 2.24) is 5.32 Å². The normalized spacial score (nSPS) is 17.0. The number of ether oxygens (including phenoxy) is 1. The molecule has 1 saturated carbocycles. The van der Waals surface area contributed by atoms with Crippen LogP contribution >= 0.6 is 0 Å². The monoisotopic (exact) mass is 361 g/mol. The van der Waals surface area contributed by atoms with E-state index in [-0.39, 0.29) is 17.9 Å². The third kappa shape index (κ3) is 5.56. The van der Waals surface area contributed by atoms with Crippen molar-refractivity contribution >= 4 is 11.9 Å². The van der Waals surface area contributed by atoms with Crippen LogP contribution in [-0.2, 0) is 20.7 Å². The first-order valence-corrected chi connectivity index (χ1v) is 9.61. The predicted octanol–water partition coefficient (Wildman–Crippen LogP) is 3.34. The van der Waals surface area contributed by atoms with Crippen LogP contribution in [0.1, 0.15) is 50.2 Å². The Hall–Kier alpha value is -1.88. The van der Waals surface area contributed by atoms with Gasteiger partial charge in [-0.1, -0.05) is 42.7 Å². The average molecular weight is 361 g/mol. The van der Waals surface area contributed by atoms with Crippen LogP contribution in [0.2, 0.25) is 0 Å². The summed E-state index contributed by atoms with van der Waals surface area (Å²) in [6, 6.07) is 7.86. The Morgan fingerprint density at radius 1 is 1.31 bits per heavy atom. The van der Waals surface area contributed by atoms with Crippen LogP contribution in [0.4, 0.5) is 0 Å². The van der Waals surface area contributed by atoms with Crippen LogP contribution < -0.4 is 5.32 Å². The van der Waals surface area contributed by atoms with Gasteiger partial charge in [-0.25, -0.2) is 0 Å². The van der Waals surface area contributed by atoms with Crippen molar-refractivity contribution in [2.24, 2.45) is 11.3 Å². The lowest BCUT2D eigenvalue weighted by atomic mass is 9.81. The zero-order valence-electron chi connectivity index (χ0n) is 15.9. The average Bonchev–Trinajstić information content (AvgIpc) is 3.08. The van der Waals surface area contributed by atoms with E-state index in [4.69, 9.17) is 4.74 Å². The van der Waals surface area contributed by atoms with Gasteiger partial charge in [0.2, 0.25) is 5.91 Å². The lowest BCUT2D eigenvalue weighted by Crippen LogP contribution is -2.43. The van der Waals surface area contributed by atoms with E-state index in [2.05, 4.69) is 5.32 Å². The maximum absolute atomic E-state index is 12.8. The molecule has 5 nitrogen and oxygen atoms in total. The molecule has 2 rings (SSSR count). The fourth-order valence-electron chi connectivity index (χ4n) is 3.83. The number of aryl methyl sites for hydroxylation is 1. The fraction of sp³-hybridized carbons (Fsp3) is 0.619. The van der Waals surface area contributed by atoms with Gasteiger partial charge in [0.05, 0.1) is 11.3 Å². The highest BCUT2D eigenvalue weighted by Crippen LogP contribution is 2.41. The van der Waals surface area contributed by atoms with Crippen molar-refractivity contribution in [3.05, 3.63) is 35.4 Å². The van der Waals surface area contributed by atoms with Crippen molar-refractivity contribution in [2.45, 2.75) is 52.4 Å². The molecule has 0 radical (unpaired) electrons. The number of aliphatic carboxylic acids is 1. The Labute approximate surface area is 156 Å². The largest absolute Gasteiger partial charge is 0.481 e. The third-order valence-corrected chi connectivity index (χ3v) is 5.39. The van der Waals surface area contributed by atoms with Gasteiger partial charge in [0.25, 0.3) is 0 Å². The second-order valence-corrected chi connectivity index (χ2v) is 7.37. The molecule has 1 aliphatic carbocycles. The van der Waals surface area contributed by atoms with Gasteiger partial charge in [0.15, 0.2) is 0 Å². The quantitative estimate of drug-likeness (QED) is 0.627. The molecule has 1 amide bonds. The number of hydrogen-bond donors (Lipinski definition) is 2. The van der Waals surface area contributed by atoms with Crippen LogP contribution in [0.15, 0.2) is 24.3 Å². The van der Waals surface area contributed by atoms with Gasteiger partial charge in [0.1, 0.15) is 0 Å². The van der Waals surface area contributed by atoms with E-state index >= 15 is 0 Å². The zero-order chi connectivity index (χ0) is 19.0. The van der Waals surface area contributed by atoms with E-state index in [0.29, 0.717) is 26.1 Å². The van der Waals surface area contributed by atoms with Gasteiger partial charge in [0, 0.05) is 19.8 Å². The Morgan fingerprint density at radius 3 is 2.65 bits per heavy atom. The molecule has 0 aliphatic heterocycles. The number of hydrogen-bond acceptors (Lipinski definition) is 3. The molecule has 1 aromatic rings. The Bertz CT molecular complexity index is 608. The minimum Gasteiger partial charge on any atom is -0.481 e. The summed E-state index contributed by atoms with van der Waals surface area (Å²) in [5.41, 5.74) is 1.71. The number of benzene rings is 1. The topological polar surface area (TPSA) is 75.6 Å². The van der Waals surface area contributed by atoms with Crippen LogP contribution in [0.25, 0.3) is 0 Å². The minimum absolute atomic E-state index is 0.00908. The molecule has 1 unspecified atom stereocenters. The number of nitrogens with one attached hydrogen (secondary N) is 1. The van der Waals surface area contributed by atoms with E-state index in [1.165, 1.54) is 0 Å². The van der Waals surface area contributed by atoms with Crippen LogP contribution in [0.5, 0.6) is 0 Å². The molecule has 2 N–H and O–H groups in total.